The smallest absolute Gasteiger partial charge is 0.343 e. The molecule has 0 bridgehead atoms. The fourth-order valence-corrected chi connectivity index (χ4v) is 3.93. The Kier molecular flexibility index (Phi) is 6.61. The number of imide groups is 1. The molecule has 4 aromatic rings. The number of ether oxygens (including phenoxy) is 2. The van der Waals surface area contributed by atoms with Crippen LogP contribution in [0.5, 0.6) is 5.75 Å². The maximum absolute atomic E-state index is 12.9. The lowest BCUT2D eigenvalue weighted by Crippen LogP contribution is -2.29. The molecular weight excluding hydrogens is 486 g/mol. The van der Waals surface area contributed by atoms with Crippen molar-refractivity contribution >= 4 is 35.2 Å². The third-order valence-corrected chi connectivity index (χ3v) is 5.87. The Labute approximate surface area is 217 Å². The van der Waals surface area contributed by atoms with Crippen LogP contribution in [-0.2, 0) is 4.74 Å². The van der Waals surface area contributed by atoms with Gasteiger partial charge in [-0.2, -0.15) is 0 Å². The summed E-state index contributed by atoms with van der Waals surface area (Å²) >= 11 is 0. The summed E-state index contributed by atoms with van der Waals surface area (Å²) in [7, 11) is 0. The SMILES string of the molecule is O=C(COC(=O)c1ccc2c(c1)C(=O)N(c1ccccc1)C2=O)c1ccc(OC(=O)c2ccccc2)cc1. The summed E-state index contributed by atoms with van der Waals surface area (Å²) < 4.78 is 10.4. The number of anilines is 1. The number of ketones is 1. The van der Waals surface area contributed by atoms with Crippen molar-refractivity contribution in [1.82, 2.24) is 0 Å². The number of esters is 2. The Morgan fingerprint density at radius 3 is 1.89 bits per heavy atom. The number of nitrogens with zero attached hydrogens (tertiary/aromatic N) is 1. The van der Waals surface area contributed by atoms with Crippen molar-refractivity contribution in [3.8, 4) is 5.75 Å². The van der Waals surface area contributed by atoms with Crippen LogP contribution in [0.15, 0.2) is 103 Å². The van der Waals surface area contributed by atoms with Crippen molar-refractivity contribution < 1.29 is 33.4 Å². The highest BCUT2D eigenvalue weighted by atomic mass is 16.5. The number of para-hydroxylation sites is 1. The molecular formula is C30H19NO7. The number of Topliss-reactive ketones (excluding diaryl/α,β-unsaturated/α-hetero) is 1. The molecule has 38 heavy (non-hydrogen) atoms. The van der Waals surface area contributed by atoms with E-state index < -0.39 is 36.1 Å². The average molecular weight is 505 g/mol. The van der Waals surface area contributed by atoms with E-state index in [2.05, 4.69) is 0 Å². The number of carbonyl (C=O) groups is 5. The van der Waals surface area contributed by atoms with Crippen LogP contribution in [0.3, 0.4) is 0 Å². The summed E-state index contributed by atoms with van der Waals surface area (Å²) in [6, 6.07) is 26.9. The van der Waals surface area contributed by atoms with Gasteiger partial charge in [0.1, 0.15) is 5.75 Å². The molecule has 1 heterocycles. The minimum atomic E-state index is -0.812. The molecule has 1 aliphatic rings. The zero-order valence-corrected chi connectivity index (χ0v) is 19.8. The highest BCUT2D eigenvalue weighted by molar-refractivity contribution is 6.34. The maximum atomic E-state index is 12.9. The number of hydrogen-bond acceptors (Lipinski definition) is 7. The highest BCUT2D eigenvalue weighted by Gasteiger charge is 2.37. The minimum Gasteiger partial charge on any atom is -0.454 e. The predicted molar refractivity (Wildman–Crippen MR) is 136 cm³/mol. The van der Waals surface area contributed by atoms with Crippen molar-refractivity contribution in [2.24, 2.45) is 0 Å². The van der Waals surface area contributed by atoms with E-state index in [-0.39, 0.29) is 28.0 Å². The summed E-state index contributed by atoms with van der Waals surface area (Å²) in [4.78, 5) is 63.9. The topological polar surface area (TPSA) is 107 Å². The van der Waals surface area contributed by atoms with E-state index in [0.717, 1.165) is 4.90 Å². The minimum absolute atomic E-state index is 0.0378. The number of amides is 2. The molecule has 5 rings (SSSR count). The van der Waals surface area contributed by atoms with Crippen LogP contribution < -0.4 is 9.64 Å². The second-order valence-corrected chi connectivity index (χ2v) is 8.32. The first kappa shape index (κ1) is 24.3. The van der Waals surface area contributed by atoms with E-state index >= 15 is 0 Å². The number of fused-ring (bicyclic) bond motifs is 1. The van der Waals surface area contributed by atoms with Crippen LogP contribution in [0.2, 0.25) is 0 Å². The van der Waals surface area contributed by atoms with Crippen LogP contribution in [0.25, 0.3) is 0 Å². The standard InChI is InChI=1S/C30H19NO7/c32-26(19-11-14-23(15-12-19)38-30(36)20-7-3-1-4-8-20)18-37-29(35)21-13-16-24-25(17-21)28(34)31(27(24)33)22-9-5-2-6-10-22/h1-17H,18H2. The lowest BCUT2D eigenvalue weighted by molar-refractivity contribution is 0.0474. The van der Waals surface area contributed by atoms with Gasteiger partial charge in [-0.25, -0.2) is 14.5 Å². The summed E-state index contributed by atoms with van der Waals surface area (Å²) in [5.74, 6) is -2.58. The first-order valence-electron chi connectivity index (χ1n) is 11.6. The summed E-state index contributed by atoms with van der Waals surface area (Å²) in [5.41, 5.74) is 1.38. The van der Waals surface area contributed by atoms with Crippen molar-refractivity contribution in [3.05, 3.63) is 131 Å². The molecule has 8 heteroatoms. The molecule has 8 nitrogen and oxygen atoms in total. The van der Waals surface area contributed by atoms with Crippen LogP contribution in [-0.4, -0.2) is 36.1 Å². The Morgan fingerprint density at radius 1 is 0.605 bits per heavy atom. The van der Waals surface area contributed by atoms with Gasteiger partial charge in [0.2, 0.25) is 0 Å². The van der Waals surface area contributed by atoms with Crippen molar-refractivity contribution in [2.45, 2.75) is 0 Å². The summed E-state index contributed by atoms with van der Waals surface area (Å²) in [5, 5.41) is 0. The molecule has 2 amide bonds. The van der Waals surface area contributed by atoms with Crippen LogP contribution >= 0.6 is 0 Å². The van der Waals surface area contributed by atoms with E-state index in [1.807, 2.05) is 0 Å². The molecule has 0 unspecified atom stereocenters. The monoisotopic (exact) mass is 505 g/mol. The van der Waals surface area contributed by atoms with Gasteiger partial charge in [0.05, 0.1) is 27.9 Å². The number of hydrogen-bond donors (Lipinski definition) is 0. The van der Waals surface area contributed by atoms with E-state index in [9.17, 15) is 24.0 Å². The maximum Gasteiger partial charge on any atom is 0.343 e. The van der Waals surface area contributed by atoms with Crippen LogP contribution in [0.4, 0.5) is 5.69 Å². The van der Waals surface area contributed by atoms with Gasteiger partial charge in [-0.1, -0.05) is 36.4 Å². The van der Waals surface area contributed by atoms with Crippen molar-refractivity contribution in [1.29, 1.82) is 0 Å². The van der Waals surface area contributed by atoms with Gasteiger partial charge in [-0.05, 0) is 66.7 Å². The van der Waals surface area contributed by atoms with E-state index in [4.69, 9.17) is 9.47 Å². The third kappa shape index (κ3) is 4.83. The van der Waals surface area contributed by atoms with Crippen LogP contribution in [0, 0.1) is 0 Å². The first-order valence-corrected chi connectivity index (χ1v) is 11.6. The Balaban J connectivity index is 1.21. The molecule has 0 aromatic heterocycles. The highest BCUT2D eigenvalue weighted by Crippen LogP contribution is 2.29. The van der Waals surface area contributed by atoms with E-state index in [0.29, 0.717) is 11.3 Å². The molecule has 0 N–H and O–H groups in total. The molecule has 0 radical (unpaired) electrons. The first-order chi connectivity index (χ1) is 18.4. The van der Waals surface area contributed by atoms with Gasteiger partial charge in [0.25, 0.3) is 11.8 Å². The van der Waals surface area contributed by atoms with Gasteiger partial charge < -0.3 is 9.47 Å². The second kappa shape index (κ2) is 10.3. The normalized spacial score (nSPS) is 12.2. The van der Waals surface area contributed by atoms with Crippen molar-refractivity contribution in [3.63, 3.8) is 0 Å². The molecule has 0 fully saturated rings. The largest absolute Gasteiger partial charge is 0.454 e. The summed E-state index contributed by atoms with van der Waals surface area (Å²) in [6.07, 6.45) is 0. The predicted octanol–water partition coefficient (Wildman–Crippen LogP) is 4.75. The lowest BCUT2D eigenvalue weighted by Gasteiger charge is -2.13. The molecule has 186 valence electrons. The molecule has 1 aliphatic heterocycles. The number of carbonyl (C=O) groups excluding carboxylic acids is 5. The molecule has 0 spiro atoms. The fraction of sp³-hybridized carbons (Fsp3) is 0.0333. The Hall–Kier alpha value is -5.37. The van der Waals surface area contributed by atoms with Gasteiger partial charge in [0.15, 0.2) is 12.4 Å². The van der Waals surface area contributed by atoms with Gasteiger partial charge in [0, 0.05) is 5.56 Å². The van der Waals surface area contributed by atoms with E-state index in [1.54, 1.807) is 60.7 Å². The second-order valence-electron chi connectivity index (χ2n) is 8.32. The molecule has 0 saturated carbocycles. The van der Waals surface area contributed by atoms with Gasteiger partial charge in [-0.3, -0.25) is 14.4 Å². The zero-order chi connectivity index (χ0) is 26.6. The summed E-state index contributed by atoms with van der Waals surface area (Å²) in [6.45, 7) is -0.540. The third-order valence-electron chi connectivity index (χ3n) is 5.87. The molecule has 0 aliphatic carbocycles. The van der Waals surface area contributed by atoms with Crippen LogP contribution in [0.1, 0.15) is 51.8 Å². The molecule has 4 aromatic carbocycles. The zero-order valence-electron chi connectivity index (χ0n) is 19.8. The average Bonchev–Trinajstić information content (AvgIpc) is 3.21. The fourth-order valence-electron chi connectivity index (χ4n) is 3.93. The molecule has 0 atom stereocenters. The lowest BCUT2D eigenvalue weighted by atomic mass is 10.1. The Morgan fingerprint density at radius 2 is 1.21 bits per heavy atom. The number of rotatable bonds is 7. The van der Waals surface area contributed by atoms with E-state index in [1.165, 1.54) is 42.5 Å². The van der Waals surface area contributed by atoms with Crippen molar-refractivity contribution in [2.75, 3.05) is 11.5 Å². The Bertz CT molecular complexity index is 1560. The number of benzene rings is 4. The molecule has 0 saturated heterocycles. The van der Waals surface area contributed by atoms with Gasteiger partial charge >= 0.3 is 11.9 Å². The quantitative estimate of drug-likeness (QED) is 0.154. The van der Waals surface area contributed by atoms with Gasteiger partial charge in [-0.15, -0.1) is 0 Å².